The summed E-state index contributed by atoms with van der Waals surface area (Å²) in [4.78, 5) is 5.44. The van der Waals surface area contributed by atoms with E-state index in [0.29, 0.717) is 5.56 Å². The molecule has 0 saturated carbocycles. The SMILES string of the molecule is CC.Cc1ccc2ncc(C#N)c(SCCCOS(C)(C)C(C)(C)C)c2c1. The van der Waals surface area contributed by atoms with Gasteiger partial charge in [-0.2, -0.15) is 5.26 Å². The van der Waals surface area contributed by atoms with Crippen LogP contribution >= 0.6 is 22.1 Å². The fraction of sp³-hybridized carbons (Fsp3) is 0.545. The molecule has 0 spiro atoms. The number of fused-ring (bicyclic) bond motifs is 1. The zero-order chi connectivity index (χ0) is 20.7. The molecule has 0 radical (unpaired) electrons. The second-order valence-corrected chi connectivity index (χ2v) is 12.5. The maximum absolute atomic E-state index is 9.42. The average molecular weight is 407 g/mol. The molecule has 0 bridgehead atoms. The van der Waals surface area contributed by atoms with Crippen molar-refractivity contribution in [3.63, 3.8) is 0 Å². The van der Waals surface area contributed by atoms with Crippen LogP contribution in [0.25, 0.3) is 10.9 Å². The summed E-state index contributed by atoms with van der Waals surface area (Å²) in [6.07, 6.45) is 7.11. The Morgan fingerprint density at radius 1 is 1.22 bits per heavy atom. The number of hydrogen-bond donors (Lipinski definition) is 0. The van der Waals surface area contributed by atoms with Crippen LogP contribution in [-0.4, -0.2) is 34.6 Å². The second-order valence-electron chi connectivity index (χ2n) is 7.50. The predicted molar refractivity (Wildman–Crippen MR) is 123 cm³/mol. The highest BCUT2D eigenvalue weighted by atomic mass is 32.3. The molecule has 0 amide bonds. The third-order valence-electron chi connectivity index (χ3n) is 4.48. The molecule has 1 aromatic heterocycles. The zero-order valence-electron chi connectivity index (χ0n) is 18.0. The highest BCUT2D eigenvalue weighted by Gasteiger charge is 2.28. The molecule has 1 heterocycles. The molecule has 0 aliphatic rings. The minimum Gasteiger partial charge on any atom is -0.337 e. The first-order chi connectivity index (χ1) is 12.7. The molecule has 0 aliphatic carbocycles. The molecule has 5 heteroatoms. The summed E-state index contributed by atoms with van der Waals surface area (Å²) < 4.78 is 6.38. The molecule has 0 unspecified atom stereocenters. The Hall–Kier alpha value is -1.22. The van der Waals surface area contributed by atoms with Crippen LogP contribution in [0.3, 0.4) is 0 Å². The first-order valence-corrected chi connectivity index (χ1v) is 12.8. The van der Waals surface area contributed by atoms with Gasteiger partial charge in [-0.1, -0.05) is 46.2 Å². The van der Waals surface area contributed by atoms with Crippen LogP contribution in [0.4, 0.5) is 0 Å². The van der Waals surface area contributed by atoms with Crippen molar-refractivity contribution in [1.82, 2.24) is 4.98 Å². The van der Waals surface area contributed by atoms with Gasteiger partial charge in [0.25, 0.3) is 0 Å². The summed E-state index contributed by atoms with van der Waals surface area (Å²) in [6.45, 7) is 13.5. The number of benzene rings is 1. The number of nitriles is 1. The lowest BCUT2D eigenvalue weighted by Gasteiger charge is -2.43. The average Bonchev–Trinajstić information content (AvgIpc) is 2.62. The molecule has 0 N–H and O–H groups in total. The molecule has 2 aromatic rings. The summed E-state index contributed by atoms with van der Waals surface area (Å²) in [5.41, 5.74) is 2.79. The quantitative estimate of drug-likeness (QED) is 0.395. The van der Waals surface area contributed by atoms with Crippen molar-refractivity contribution in [2.45, 2.75) is 57.6 Å². The summed E-state index contributed by atoms with van der Waals surface area (Å²) >= 11 is 1.73. The zero-order valence-corrected chi connectivity index (χ0v) is 19.7. The molecule has 3 nitrogen and oxygen atoms in total. The van der Waals surface area contributed by atoms with Gasteiger partial charge in [-0.05, 0) is 38.0 Å². The fourth-order valence-corrected chi connectivity index (χ4v) is 4.12. The van der Waals surface area contributed by atoms with Crippen molar-refractivity contribution in [2.24, 2.45) is 0 Å². The molecule has 27 heavy (non-hydrogen) atoms. The Morgan fingerprint density at radius 3 is 2.48 bits per heavy atom. The Labute approximate surface area is 171 Å². The van der Waals surface area contributed by atoms with E-state index in [1.165, 1.54) is 5.56 Å². The van der Waals surface area contributed by atoms with E-state index < -0.39 is 10.3 Å². The number of aryl methyl sites for hydroxylation is 1. The molecule has 1 aromatic carbocycles. The van der Waals surface area contributed by atoms with Crippen molar-refractivity contribution in [1.29, 1.82) is 5.26 Å². The highest BCUT2D eigenvalue weighted by molar-refractivity contribution is 8.29. The fourth-order valence-electron chi connectivity index (χ4n) is 2.19. The number of thioether (sulfide) groups is 1. The maximum atomic E-state index is 9.42. The van der Waals surface area contributed by atoms with Gasteiger partial charge in [0.1, 0.15) is 6.07 Å². The van der Waals surface area contributed by atoms with Gasteiger partial charge in [0.2, 0.25) is 0 Å². The first-order valence-electron chi connectivity index (χ1n) is 9.45. The summed E-state index contributed by atoms with van der Waals surface area (Å²) in [5.74, 6) is 0.932. The standard InChI is InChI=1S/C20H28N2OS2.C2H6/c1-15-8-9-18-17(12-15)19(16(13-21)14-22-18)24-11-7-10-23-25(5,6)20(2,3)4;1-2/h8-9,12,14H,7,10-11H2,1-6H3;1-2H3. The van der Waals surface area contributed by atoms with Gasteiger partial charge in [-0.25, -0.2) is 0 Å². The third-order valence-corrected chi connectivity index (χ3v) is 9.41. The number of hydrogen-bond acceptors (Lipinski definition) is 4. The smallest absolute Gasteiger partial charge is 0.102 e. The summed E-state index contributed by atoms with van der Waals surface area (Å²) in [7, 11) is -1.07. The van der Waals surface area contributed by atoms with Crippen LogP contribution in [0.2, 0.25) is 0 Å². The van der Waals surface area contributed by atoms with E-state index in [4.69, 9.17) is 4.18 Å². The second kappa shape index (κ2) is 10.4. The van der Waals surface area contributed by atoms with Crippen LogP contribution in [0.1, 0.15) is 52.2 Å². The van der Waals surface area contributed by atoms with E-state index in [0.717, 1.165) is 34.6 Å². The van der Waals surface area contributed by atoms with Crippen molar-refractivity contribution in [3.05, 3.63) is 35.5 Å². The molecule has 0 aliphatic heterocycles. The van der Waals surface area contributed by atoms with E-state index in [2.05, 4.69) is 63.4 Å². The maximum Gasteiger partial charge on any atom is 0.102 e. The molecule has 0 atom stereocenters. The van der Waals surface area contributed by atoms with Gasteiger partial charge >= 0.3 is 0 Å². The van der Waals surface area contributed by atoms with Gasteiger partial charge in [0, 0.05) is 27.0 Å². The summed E-state index contributed by atoms with van der Waals surface area (Å²) in [5, 5.41) is 10.5. The van der Waals surface area contributed by atoms with Gasteiger partial charge in [-0.15, -0.1) is 22.1 Å². The van der Waals surface area contributed by atoms with E-state index in [1.807, 2.05) is 19.9 Å². The summed E-state index contributed by atoms with van der Waals surface area (Å²) in [6, 6.07) is 8.48. The Balaban J connectivity index is 0.00000176. The number of pyridine rings is 1. The number of rotatable bonds is 6. The van der Waals surface area contributed by atoms with E-state index in [-0.39, 0.29) is 4.75 Å². The topological polar surface area (TPSA) is 45.9 Å². The van der Waals surface area contributed by atoms with E-state index >= 15 is 0 Å². The van der Waals surface area contributed by atoms with Crippen LogP contribution < -0.4 is 0 Å². The van der Waals surface area contributed by atoms with Crippen molar-refractivity contribution in [2.75, 3.05) is 24.9 Å². The number of nitrogens with zero attached hydrogens (tertiary/aromatic N) is 2. The van der Waals surface area contributed by atoms with Gasteiger partial charge < -0.3 is 4.18 Å². The molecule has 150 valence electrons. The minimum atomic E-state index is -1.07. The lowest BCUT2D eigenvalue weighted by Crippen LogP contribution is -2.25. The van der Waals surface area contributed by atoms with Crippen LogP contribution in [0.5, 0.6) is 0 Å². The molecule has 2 rings (SSSR count). The van der Waals surface area contributed by atoms with Crippen LogP contribution in [0, 0.1) is 18.3 Å². The lowest BCUT2D eigenvalue weighted by atomic mass is 10.1. The monoisotopic (exact) mass is 406 g/mol. The van der Waals surface area contributed by atoms with E-state index in [9.17, 15) is 5.26 Å². The first kappa shape index (κ1) is 23.8. The van der Waals surface area contributed by atoms with Crippen molar-refractivity contribution >= 4 is 33.0 Å². The van der Waals surface area contributed by atoms with Gasteiger partial charge in [0.05, 0.1) is 17.7 Å². The Morgan fingerprint density at radius 2 is 1.89 bits per heavy atom. The Bertz CT molecular complexity index is 789. The van der Waals surface area contributed by atoms with Crippen LogP contribution in [0.15, 0.2) is 29.3 Å². The van der Waals surface area contributed by atoms with Gasteiger partial charge in [-0.3, -0.25) is 4.98 Å². The molecule has 0 fully saturated rings. The Kier molecular flexibility index (Phi) is 9.14. The van der Waals surface area contributed by atoms with Crippen molar-refractivity contribution in [3.8, 4) is 6.07 Å². The number of aromatic nitrogens is 1. The van der Waals surface area contributed by atoms with Crippen LogP contribution in [-0.2, 0) is 4.18 Å². The normalized spacial score (nSPS) is 12.3. The molecular formula is C22H34N2OS2. The molecular weight excluding hydrogens is 372 g/mol. The van der Waals surface area contributed by atoms with E-state index in [1.54, 1.807) is 18.0 Å². The largest absolute Gasteiger partial charge is 0.337 e. The minimum absolute atomic E-state index is 0.187. The molecule has 0 saturated heterocycles. The lowest BCUT2D eigenvalue weighted by molar-refractivity contribution is 0.350. The third kappa shape index (κ3) is 6.41. The predicted octanol–water partition coefficient (Wildman–Crippen LogP) is 6.72. The highest BCUT2D eigenvalue weighted by Crippen LogP contribution is 2.53. The van der Waals surface area contributed by atoms with Crippen molar-refractivity contribution < 1.29 is 4.18 Å². The van der Waals surface area contributed by atoms with Gasteiger partial charge in [0.15, 0.2) is 0 Å².